The quantitative estimate of drug-likeness (QED) is 0.833. The minimum absolute atomic E-state index is 0.0553. The van der Waals surface area contributed by atoms with Gasteiger partial charge in [0.2, 0.25) is 11.8 Å². The maximum Gasteiger partial charge on any atom is 0.235 e. The number of rotatable bonds is 2. The number of anilines is 1. The van der Waals surface area contributed by atoms with Gasteiger partial charge in [-0.15, -0.1) is 0 Å². The Morgan fingerprint density at radius 1 is 1.30 bits per heavy atom. The van der Waals surface area contributed by atoms with E-state index in [0.29, 0.717) is 25.9 Å². The lowest BCUT2D eigenvalue weighted by atomic mass is 9.76. The van der Waals surface area contributed by atoms with Gasteiger partial charge < -0.3 is 9.80 Å². The van der Waals surface area contributed by atoms with Crippen molar-refractivity contribution < 1.29 is 14.0 Å². The summed E-state index contributed by atoms with van der Waals surface area (Å²) >= 11 is 1.59. The van der Waals surface area contributed by atoms with Gasteiger partial charge in [0.05, 0.1) is 11.1 Å². The second-order valence-electron chi connectivity index (χ2n) is 7.10. The Morgan fingerprint density at radius 3 is 2.83 bits per heavy atom. The molecule has 1 aromatic rings. The van der Waals surface area contributed by atoms with Crippen LogP contribution < -0.4 is 4.90 Å². The number of carbonyl (C=O) groups is 2. The molecular formula is C17H21FN2O2S. The number of piperidine rings is 1. The fraction of sp³-hybridized carbons (Fsp3) is 0.647. The summed E-state index contributed by atoms with van der Waals surface area (Å²) in [7, 11) is 0. The summed E-state index contributed by atoms with van der Waals surface area (Å²) in [5, 5.41) is 3.98. The second-order valence-corrected chi connectivity index (χ2v) is 7.88. The highest BCUT2D eigenvalue weighted by Crippen LogP contribution is 2.43. The Morgan fingerprint density at radius 2 is 2.13 bits per heavy atom. The highest BCUT2D eigenvalue weighted by molar-refractivity contribution is 7.08. The Kier molecular flexibility index (Phi) is 3.67. The molecular weight excluding hydrogens is 315 g/mol. The van der Waals surface area contributed by atoms with Crippen LogP contribution in [-0.2, 0) is 9.59 Å². The molecule has 1 aliphatic carbocycles. The van der Waals surface area contributed by atoms with Crippen molar-refractivity contribution in [3.05, 3.63) is 16.8 Å². The Labute approximate surface area is 139 Å². The molecule has 1 atom stereocenters. The maximum atomic E-state index is 13.0. The van der Waals surface area contributed by atoms with E-state index < -0.39 is 11.6 Å². The van der Waals surface area contributed by atoms with Crippen LogP contribution in [0.15, 0.2) is 16.8 Å². The topological polar surface area (TPSA) is 40.6 Å². The monoisotopic (exact) mass is 336 g/mol. The van der Waals surface area contributed by atoms with Crippen molar-refractivity contribution in [1.82, 2.24) is 4.90 Å². The molecule has 4 rings (SSSR count). The van der Waals surface area contributed by atoms with Crippen LogP contribution in [-0.4, -0.2) is 42.5 Å². The normalized spacial score (nSPS) is 34.0. The zero-order valence-corrected chi connectivity index (χ0v) is 13.9. The van der Waals surface area contributed by atoms with E-state index in [2.05, 4.69) is 0 Å². The van der Waals surface area contributed by atoms with Gasteiger partial charge in [-0.3, -0.25) is 9.59 Å². The molecule has 1 aromatic heterocycles. The van der Waals surface area contributed by atoms with Crippen LogP contribution in [0.5, 0.6) is 0 Å². The number of likely N-dealkylation sites (tertiary alicyclic amines) is 1. The molecule has 2 saturated heterocycles. The third-order valence-corrected chi connectivity index (χ3v) is 6.32. The summed E-state index contributed by atoms with van der Waals surface area (Å²) in [4.78, 5) is 29.2. The number of halogens is 1. The number of nitrogens with zero attached hydrogens (tertiary/aromatic N) is 2. The lowest BCUT2D eigenvalue weighted by Gasteiger charge is -2.42. The van der Waals surface area contributed by atoms with Gasteiger partial charge in [-0.2, -0.15) is 11.3 Å². The first-order valence-corrected chi connectivity index (χ1v) is 9.30. The van der Waals surface area contributed by atoms with Crippen molar-refractivity contribution in [2.45, 2.75) is 38.3 Å². The lowest BCUT2D eigenvalue weighted by molar-refractivity contribution is -0.146. The summed E-state index contributed by atoms with van der Waals surface area (Å²) < 4.78 is 13.0. The molecule has 0 bridgehead atoms. The molecule has 124 valence electrons. The predicted octanol–water partition coefficient (Wildman–Crippen LogP) is 2.84. The number of hydrogen-bond acceptors (Lipinski definition) is 3. The number of carbonyl (C=O) groups excluding carboxylic acids is 2. The average Bonchev–Trinajstić information content (AvgIpc) is 3.14. The van der Waals surface area contributed by atoms with E-state index in [0.717, 1.165) is 31.5 Å². The Bertz CT molecular complexity index is 614. The van der Waals surface area contributed by atoms with Crippen LogP contribution in [0.3, 0.4) is 0 Å². The van der Waals surface area contributed by atoms with Crippen molar-refractivity contribution >= 4 is 28.8 Å². The van der Waals surface area contributed by atoms with Crippen molar-refractivity contribution in [2.24, 2.45) is 11.3 Å². The molecule has 3 aliphatic rings. The number of thiophene rings is 1. The molecule has 4 nitrogen and oxygen atoms in total. The number of amides is 2. The van der Waals surface area contributed by atoms with Crippen LogP contribution in [0, 0.1) is 11.3 Å². The SMILES string of the molecule is O=C(C1CC(F)C1)N1CCC[C@@]2(CCN(c3ccsc3)C2=O)C1. The third kappa shape index (κ3) is 2.47. The van der Waals surface area contributed by atoms with Crippen molar-refractivity contribution in [3.8, 4) is 0 Å². The summed E-state index contributed by atoms with van der Waals surface area (Å²) in [5.41, 5.74) is 0.550. The Hall–Kier alpha value is -1.43. The maximum absolute atomic E-state index is 13.0. The fourth-order valence-corrected chi connectivity index (χ4v) is 4.83. The summed E-state index contributed by atoms with van der Waals surface area (Å²) in [6, 6.07) is 1.98. The van der Waals surface area contributed by atoms with Crippen LogP contribution >= 0.6 is 11.3 Å². The first-order chi connectivity index (χ1) is 11.1. The van der Waals surface area contributed by atoms with Gasteiger partial charge in [0.15, 0.2) is 0 Å². The van der Waals surface area contributed by atoms with Gasteiger partial charge in [0.25, 0.3) is 0 Å². The van der Waals surface area contributed by atoms with E-state index >= 15 is 0 Å². The van der Waals surface area contributed by atoms with Crippen molar-refractivity contribution in [3.63, 3.8) is 0 Å². The molecule has 1 saturated carbocycles. The van der Waals surface area contributed by atoms with Gasteiger partial charge in [0, 0.05) is 30.9 Å². The number of hydrogen-bond donors (Lipinski definition) is 0. The molecule has 0 unspecified atom stereocenters. The molecule has 2 amide bonds. The van der Waals surface area contributed by atoms with E-state index in [-0.39, 0.29) is 17.7 Å². The largest absolute Gasteiger partial charge is 0.341 e. The summed E-state index contributed by atoms with van der Waals surface area (Å²) in [6.45, 7) is 1.95. The summed E-state index contributed by atoms with van der Waals surface area (Å²) in [5.74, 6) is 0.0507. The summed E-state index contributed by atoms with van der Waals surface area (Å²) in [6.07, 6.45) is 2.43. The van der Waals surface area contributed by atoms with Gasteiger partial charge in [-0.1, -0.05) is 0 Å². The average molecular weight is 336 g/mol. The van der Waals surface area contributed by atoms with Gasteiger partial charge in [-0.05, 0) is 43.6 Å². The smallest absolute Gasteiger partial charge is 0.235 e. The highest BCUT2D eigenvalue weighted by Gasteiger charge is 2.51. The number of alkyl halides is 1. The Balaban J connectivity index is 1.48. The third-order valence-electron chi connectivity index (χ3n) is 5.65. The first kappa shape index (κ1) is 15.1. The molecule has 0 radical (unpaired) electrons. The highest BCUT2D eigenvalue weighted by atomic mass is 32.1. The molecule has 2 aliphatic heterocycles. The zero-order valence-electron chi connectivity index (χ0n) is 13.0. The minimum atomic E-state index is -0.815. The van der Waals surface area contributed by atoms with E-state index in [9.17, 15) is 14.0 Å². The van der Waals surface area contributed by atoms with Gasteiger partial charge in [-0.25, -0.2) is 4.39 Å². The van der Waals surface area contributed by atoms with Crippen LogP contribution in [0.2, 0.25) is 0 Å². The molecule has 0 N–H and O–H groups in total. The predicted molar refractivity (Wildman–Crippen MR) is 87.2 cm³/mol. The first-order valence-electron chi connectivity index (χ1n) is 8.36. The van der Waals surface area contributed by atoms with Crippen LogP contribution in [0.1, 0.15) is 32.1 Å². The second kappa shape index (κ2) is 5.58. The van der Waals surface area contributed by atoms with E-state index in [4.69, 9.17) is 0 Å². The van der Waals surface area contributed by atoms with E-state index in [1.165, 1.54) is 0 Å². The van der Waals surface area contributed by atoms with Crippen molar-refractivity contribution in [2.75, 3.05) is 24.5 Å². The molecule has 3 heterocycles. The fourth-order valence-electron chi connectivity index (χ4n) is 4.18. The minimum Gasteiger partial charge on any atom is -0.341 e. The van der Waals surface area contributed by atoms with Crippen LogP contribution in [0.4, 0.5) is 10.1 Å². The molecule has 0 aromatic carbocycles. The zero-order chi connectivity index (χ0) is 16.0. The van der Waals surface area contributed by atoms with Crippen LogP contribution in [0.25, 0.3) is 0 Å². The van der Waals surface area contributed by atoms with Gasteiger partial charge in [0.1, 0.15) is 6.17 Å². The van der Waals surface area contributed by atoms with E-state index in [1.54, 1.807) is 11.3 Å². The van der Waals surface area contributed by atoms with Crippen molar-refractivity contribution in [1.29, 1.82) is 0 Å². The van der Waals surface area contributed by atoms with E-state index in [1.807, 2.05) is 26.6 Å². The molecule has 1 spiro atoms. The molecule has 6 heteroatoms. The van der Waals surface area contributed by atoms with Gasteiger partial charge >= 0.3 is 0 Å². The molecule has 23 heavy (non-hydrogen) atoms. The standard InChI is InChI=1S/C17H21FN2O2S/c18-13-8-12(9-13)15(21)19-5-1-3-17(11-19)4-6-20(16(17)22)14-2-7-23-10-14/h2,7,10,12-13H,1,3-6,8-9,11H2/t12?,13?,17-/m1/s1. The molecule has 3 fully saturated rings. The lowest BCUT2D eigenvalue weighted by Crippen LogP contribution is -2.52.